The van der Waals surface area contributed by atoms with Crippen molar-refractivity contribution in [3.63, 3.8) is 0 Å². The van der Waals surface area contributed by atoms with Gasteiger partial charge in [0.15, 0.2) is 5.82 Å². The van der Waals surface area contributed by atoms with Gasteiger partial charge in [0.2, 0.25) is 0 Å². The molecule has 6 aromatic rings. The summed E-state index contributed by atoms with van der Waals surface area (Å²) in [5, 5.41) is 14.3. The number of hydrogen-bond acceptors (Lipinski definition) is 11. The number of carbonyl (C=O) groups is 2. The van der Waals surface area contributed by atoms with Crippen molar-refractivity contribution in [1.82, 2.24) is 40.5 Å². The number of aryl methyl sites for hydroxylation is 1. The fraction of sp³-hybridized carbons (Fsp3) is 0.138. The first-order valence-corrected chi connectivity index (χ1v) is 13.4. The number of anilines is 1. The molecule has 2 amide bonds. The molecule has 3 aromatic heterocycles. The largest absolute Gasteiger partial charge is 0.439 e. The second-order valence-corrected chi connectivity index (χ2v) is 10.3. The summed E-state index contributed by atoms with van der Waals surface area (Å²) in [6.45, 7) is 0.107. The van der Waals surface area contributed by atoms with E-state index in [0.29, 0.717) is 35.3 Å². The van der Waals surface area contributed by atoms with Crippen molar-refractivity contribution in [3.05, 3.63) is 114 Å². The van der Waals surface area contributed by atoms with Gasteiger partial charge in [-0.3, -0.25) is 28.7 Å². The Hall–Kier alpha value is -6.25. The molecule has 7 rings (SSSR count). The highest BCUT2D eigenvalue weighted by Crippen LogP contribution is 2.33. The zero-order chi connectivity index (χ0) is 30.5. The number of nitrogens with zero attached hydrogens (tertiary/aromatic N) is 5. The lowest BCUT2D eigenvalue weighted by atomic mass is 10.0. The predicted molar refractivity (Wildman–Crippen MR) is 155 cm³/mol. The highest BCUT2D eigenvalue weighted by molar-refractivity contribution is 5.97. The van der Waals surface area contributed by atoms with E-state index in [9.17, 15) is 24.0 Å². The number of benzene rings is 2. The maximum absolute atomic E-state index is 13.1. The van der Waals surface area contributed by atoms with E-state index in [-0.39, 0.29) is 35.3 Å². The molecule has 0 saturated carbocycles. The van der Waals surface area contributed by atoms with Gasteiger partial charge in [-0.1, -0.05) is 29.4 Å². The maximum atomic E-state index is 13.1. The number of aromatic nitrogens is 6. The number of fused-ring (bicyclic) bond motifs is 2. The third kappa shape index (κ3) is 4.52. The molecule has 1 aliphatic rings. The van der Waals surface area contributed by atoms with E-state index >= 15 is 0 Å². The molecule has 3 heterocycles. The number of nitrogens with one attached hydrogen (secondary N) is 3. The molecule has 44 heavy (non-hydrogen) atoms. The van der Waals surface area contributed by atoms with Crippen molar-refractivity contribution in [2.45, 2.75) is 25.4 Å². The summed E-state index contributed by atoms with van der Waals surface area (Å²) in [5.74, 6) is -1.29. The molecule has 0 radical (unpaired) electrons. The average molecular weight is 592 g/mol. The lowest BCUT2D eigenvalue weighted by molar-refractivity contribution is 0.0931. The molecule has 218 valence electrons. The second kappa shape index (κ2) is 10.2. The van der Waals surface area contributed by atoms with Crippen LogP contribution in [0, 0.1) is 0 Å². The van der Waals surface area contributed by atoms with Gasteiger partial charge in [-0.25, -0.2) is 19.4 Å². The summed E-state index contributed by atoms with van der Waals surface area (Å²) in [4.78, 5) is 71.4. The Morgan fingerprint density at radius 2 is 1.84 bits per heavy atom. The fourth-order valence-corrected chi connectivity index (χ4v) is 5.34. The van der Waals surface area contributed by atoms with Crippen molar-refractivity contribution in [2.75, 3.05) is 5.73 Å². The number of H-pyrrole nitrogens is 1. The van der Waals surface area contributed by atoms with Gasteiger partial charge in [0.1, 0.15) is 29.1 Å². The Labute approximate surface area is 245 Å². The molecule has 15 nitrogen and oxygen atoms in total. The number of nitrogen functional groups attached to an aromatic ring is 1. The third-order valence-corrected chi connectivity index (χ3v) is 7.59. The first kappa shape index (κ1) is 26.6. The van der Waals surface area contributed by atoms with E-state index in [4.69, 9.17) is 5.73 Å². The molecule has 0 saturated heterocycles. The number of rotatable bonds is 7. The normalized spacial score (nSPS) is 14.1. The lowest BCUT2D eigenvalue weighted by Crippen LogP contribution is -2.38. The van der Waals surface area contributed by atoms with Crippen LogP contribution < -0.4 is 33.0 Å². The highest BCUT2D eigenvalue weighted by Gasteiger charge is 2.26. The van der Waals surface area contributed by atoms with E-state index in [2.05, 4.69) is 40.4 Å². The Morgan fingerprint density at radius 3 is 2.61 bits per heavy atom. The minimum atomic E-state index is -0.740. The summed E-state index contributed by atoms with van der Waals surface area (Å²) >= 11 is 0. The van der Waals surface area contributed by atoms with Crippen molar-refractivity contribution in [2.24, 2.45) is 0 Å². The highest BCUT2D eigenvalue weighted by atomic mass is 16.5. The smallest absolute Gasteiger partial charge is 0.394 e. The summed E-state index contributed by atoms with van der Waals surface area (Å²) in [6, 6.07) is 11.9. The number of amides is 2. The van der Waals surface area contributed by atoms with Gasteiger partial charge in [0.25, 0.3) is 22.7 Å². The van der Waals surface area contributed by atoms with Crippen LogP contribution in [0.15, 0.2) is 73.9 Å². The SMILES string of the molecule is Nc1c(-n2ncc3ccc(CNC(=O)c4cc(C(=O)N[C@H]5CCc6cc(-c7noc(=O)[nH]7)ccc65)ncn4)cc32)c(=O)c1=O. The summed E-state index contributed by atoms with van der Waals surface area (Å²) in [6.07, 6.45) is 4.07. The van der Waals surface area contributed by atoms with Crippen LogP contribution >= 0.6 is 0 Å². The Kier molecular flexibility index (Phi) is 6.19. The molecular formula is C29H21N9O6. The van der Waals surface area contributed by atoms with Crippen molar-refractivity contribution < 1.29 is 14.1 Å². The second-order valence-electron chi connectivity index (χ2n) is 10.3. The van der Waals surface area contributed by atoms with E-state index in [1.54, 1.807) is 30.5 Å². The third-order valence-electron chi connectivity index (χ3n) is 7.59. The first-order valence-electron chi connectivity index (χ1n) is 13.4. The van der Waals surface area contributed by atoms with Gasteiger partial charge in [-0.15, -0.1) is 0 Å². The molecule has 15 heteroatoms. The van der Waals surface area contributed by atoms with Crippen LogP contribution in [0.2, 0.25) is 0 Å². The quantitative estimate of drug-likeness (QED) is 0.189. The molecule has 0 unspecified atom stereocenters. The molecule has 0 aliphatic heterocycles. The Bertz CT molecular complexity index is 2260. The summed E-state index contributed by atoms with van der Waals surface area (Å²) in [7, 11) is 0. The van der Waals surface area contributed by atoms with Gasteiger partial charge in [-0.05, 0) is 41.7 Å². The molecule has 1 atom stereocenters. The number of aromatic amines is 1. The van der Waals surface area contributed by atoms with Crippen LogP contribution in [-0.4, -0.2) is 41.7 Å². The number of carbonyl (C=O) groups excluding carboxylic acids is 2. The summed E-state index contributed by atoms with van der Waals surface area (Å²) in [5.41, 5.74) is 8.06. The van der Waals surface area contributed by atoms with Crippen LogP contribution in [-0.2, 0) is 13.0 Å². The van der Waals surface area contributed by atoms with Gasteiger partial charge in [0.05, 0.1) is 17.8 Å². The molecule has 0 bridgehead atoms. The standard InChI is InChI=1S/C29H21N9O6/c30-22-23(25(40)24(22)39)38-21-7-13(1-2-16(21)11-34-38)10-31-27(41)19-9-20(33-12-32-19)28(42)35-18-6-4-14-8-15(3-5-17(14)18)26-36-29(43)44-37-26/h1-3,5,7-9,11-12,18H,4,6,10,30H2,(H,31,41)(H,35,42)(H,36,37,43)/t18-/m0/s1. The van der Waals surface area contributed by atoms with Gasteiger partial charge < -0.3 is 16.4 Å². The minimum Gasteiger partial charge on any atom is -0.394 e. The molecule has 0 fully saturated rings. The van der Waals surface area contributed by atoms with Crippen LogP contribution in [0.3, 0.4) is 0 Å². The van der Waals surface area contributed by atoms with E-state index in [0.717, 1.165) is 22.8 Å². The molecule has 3 aromatic carbocycles. The summed E-state index contributed by atoms with van der Waals surface area (Å²) < 4.78 is 5.89. The van der Waals surface area contributed by atoms with Crippen molar-refractivity contribution in [1.29, 1.82) is 0 Å². The minimum absolute atomic E-state index is 0.00541. The van der Waals surface area contributed by atoms with Crippen LogP contribution in [0.5, 0.6) is 0 Å². The molecule has 1 aliphatic carbocycles. The predicted octanol–water partition coefficient (Wildman–Crippen LogP) is 0.684. The fourth-order valence-electron chi connectivity index (χ4n) is 5.34. The van der Waals surface area contributed by atoms with Gasteiger partial charge >= 0.3 is 5.76 Å². The maximum Gasteiger partial charge on any atom is 0.439 e. The van der Waals surface area contributed by atoms with Crippen LogP contribution in [0.4, 0.5) is 5.69 Å². The van der Waals surface area contributed by atoms with E-state index in [1.807, 2.05) is 12.1 Å². The zero-order valence-electron chi connectivity index (χ0n) is 22.7. The van der Waals surface area contributed by atoms with Crippen molar-refractivity contribution >= 4 is 28.4 Å². The van der Waals surface area contributed by atoms with E-state index in [1.165, 1.54) is 10.7 Å². The first-order chi connectivity index (χ1) is 21.3. The van der Waals surface area contributed by atoms with Gasteiger partial charge in [0, 0.05) is 23.6 Å². The Balaban J connectivity index is 1.02. The lowest BCUT2D eigenvalue weighted by Gasteiger charge is -2.14. The molecular weight excluding hydrogens is 570 g/mol. The Morgan fingerprint density at radius 1 is 1.02 bits per heavy atom. The van der Waals surface area contributed by atoms with Crippen LogP contribution in [0.25, 0.3) is 28.0 Å². The van der Waals surface area contributed by atoms with Crippen LogP contribution in [0.1, 0.15) is 50.1 Å². The monoisotopic (exact) mass is 591 g/mol. The number of hydrogen-bond donors (Lipinski definition) is 4. The topological polar surface area (TPSA) is 221 Å². The molecule has 5 N–H and O–H groups in total. The number of nitrogens with two attached hydrogens (primary N) is 1. The molecule has 0 spiro atoms. The van der Waals surface area contributed by atoms with Gasteiger partial charge in [-0.2, -0.15) is 5.10 Å². The van der Waals surface area contributed by atoms with Crippen molar-refractivity contribution in [3.8, 4) is 17.1 Å². The zero-order valence-corrected chi connectivity index (χ0v) is 22.7. The average Bonchev–Trinajstić information content (AvgIpc) is 3.78. The van der Waals surface area contributed by atoms with E-state index < -0.39 is 28.4 Å².